The summed E-state index contributed by atoms with van der Waals surface area (Å²) in [6.07, 6.45) is 0.931. The molecule has 0 aliphatic rings. The number of carbonyl (C=O) groups excluding carboxylic acids is 1. The van der Waals surface area contributed by atoms with Crippen molar-refractivity contribution in [2.75, 3.05) is 0 Å². The van der Waals surface area contributed by atoms with E-state index in [4.69, 9.17) is 5.73 Å². The number of primary amides is 1. The highest BCUT2D eigenvalue weighted by atomic mass is 16.2. The summed E-state index contributed by atoms with van der Waals surface area (Å²) in [6.45, 7) is 6.15. The smallest absolute Gasteiger partial charge is 0.312 e. The van der Waals surface area contributed by atoms with Gasteiger partial charge >= 0.3 is 6.03 Å². The van der Waals surface area contributed by atoms with Crippen LogP contribution in [-0.4, -0.2) is 12.1 Å². The fourth-order valence-electron chi connectivity index (χ4n) is 0.923. The van der Waals surface area contributed by atoms with Crippen LogP contribution in [0.15, 0.2) is 0 Å². The third kappa shape index (κ3) is 3.33. The summed E-state index contributed by atoms with van der Waals surface area (Å²) in [5, 5.41) is 2.67. The lowest BCUT2D eigenvalue weighted by Gasteiger charge is -2.18. The van der Waals surface area contributed by atoms with Crippen LogP contribution in [0.4, 0.5) is 4.79 Å². The van der Waals surface area contributed by atoms with Crippen molar-refractivity contribution < 1.29 is 4.79 Å². The molecule has 0 radical (unpaired) electrons. The predicted molar refractivity (Wildman–Crippen MR) is 41.6 cm³/mol. The van der Waals surface area contributed by atoms with Gasteiger partial charge in [-0.3, -0.25) is 0 Å². The average Bonchev–Trinajstić information content (AvgIpc) is 1.81. The summed E-state index contributed by atoms with van der Waals surface area (Å²) >= 11 is 0. The Morgan fingerprint density at radius 2 is 2.10 bits per heavy atom. The van der Waals surface area contributed by atoms with Crippen LogP contribution >= 0.6 is 0 Å². The summed E-state index contributed by atoms with van der Waals surface area (Å²) in [7, 11) is 0. The van der Waals surface area contributed by atoms with Crippen LogP contribution in [0.1, 0.15) is 27.2 Å². The van der Waals surface area contributed by atoms with Gasteiger partial charge < -0.3 is 11.1 Å². The maximum Gasteiger partial charge on any atom is 0.312 e. The van der Waals surface area contributed by atoms with Gasteiger partial charge in [-0.25, -0.2) is 4.79 Å². The second-order valence-electron chi connectivity index (χ2n) is 2.77. The molecule has 0 bridgehead atoms. The fraction of sp³-hybridized carbons (Fsp3) is 0.857. The van der Waals surface area contributed by atoms with Crippen LogP contribution in [0.25, 0.3) is 0 Å². The van der Waals surface area contributed by atoms with Gasteiger partial charge in [-0.2, -0.15) is 0 Å². The van der Waals surface area contributed by atoms with Crippen molar-refractivity contribution in [2.45, 2.75) is 33.2 Å². The molecule has 0 saturated heterocycles. The van der Waals surface area contributed by atoms with E-state index in [2.05, 4.69) is 19.2 Å². The summed E-state index contributed by atoms with van der Waals surface area (Å²) in [5.74, 6) is 0.456. The normalized spacial score (nSPS) is 13.2. The number of nitrogens with two attached hydrogens (primary N) is 1. The summed E-state index contributed by atoms with van der Waals surface area (Å²) in [5.41, 5.74) is 4.96. The molecule has 0 aromatic rings. The van der Waals surface area contributed by atoms with Crippen LogP contribution < -0.4 is 11.1 Å². The number of urea groups is 1. The lowest BCUT2D eigenvalue weighted by Crippen LogP contribution is -2.41. The van der Waals surface area contributed by atoms with E-state index >= 15 is 0 Å². The Labute approximate surface area is 62.0 Å². The van der Waals surface area contributed by atoms with Gasteiger partial charge in [0.1, 0.15) is 0 Å². The van der Waals surface area contributed by atoms with E-state index in [-0.39, 0.29) is 6.04 Å². The zero-order valence-electron chi connectivity index (χ0n) is 6.85. The van der Waals surface area contributed by atoms with Crippen LogP contribution in [0.2, 0.25) is 0 Å². The first-order chi connectivity index (χ1) is 4.57. The maximum atomic E-state index is 10.4. The first-order valence-corrected chi connectivity index (χ1v) is 3.63. The SMILES string of the molecule is CCC(NC(N)=O)C(C)C. The molecule has 10 heavy (non-hydrogen) atoms. The van der Waals surface area contributed by atoms with Crippen LogP contribution in [-0.2, 0) is 0 Å². The molecule has 0 fully saturated rings. The maximum absolute atomic E-state index is 10.4. The first kappa shape index (κ1) is 9.27. The summed E-state index contributed by atoms with van der Waals surface area (Å²) < 4.78 is 0. The first-order valence-electron chi connectivity index (χ1n) is 3.63. The molecule has 2 amide bonds. The number of rotatable bonds is 3. The molecule has 0 aromatic heterocycles. The van der Waals surface area contributed by atoms with E-state index in [0.29, 0.717) is 5.92 Å². The second-order valence-corrected chi connectivity index (χ2v) is 2.77. The monoisotopic (exact) mass is 144 g/mol. The Hall–Kier alpha value is -0.730. The van der Waals surface area contributed by atoms with Crippen molar-refractivity contribution in [3.63, 3.8) is 0 Å². The molecule has 1 atom stereocenters. The van der Waals surface area contributed by atoms with Gasteiger partial charge in [0.15, 0.2) is 0 Å². The van der Waals surface area contributed by atoms with Gasteiger partial charge in [-0.1, -0.05) is 20.8 Å². The minimum atomic E-state index is -0.430. The highest BCUT2D eigenvalue weighted by Gasteiger charge is 2.10. The summed E-state index contributed by atoms with van der Waals surface area (Å²) in [4.78, 5) is 10.4. The van der Waals surface area contributed by atoms with Crippen molar-refractivity contribution in [1.82, 2.24) is 5.32 Å². The topological polar surface area (TPSA) is 55.1 Å². The van der Waals surface area contributed by atoms with Gasteiger partial charge in [0.05, 0.1) is 0 Å². The van der Waals surface area contributed by atoms with Crippen molar-refractivity contribution in [3.8, 4) is 0 Å². The third-order valence-corrected chi connectivity index (χ3v) is 1.57. The molecule has 0 heterocycles. The number of amides is 2. The van der Waals surface area contributed by atoms with E-state index < -0.39 is 6.03 Å². The Balaban J connectivity index is 3.71. The average molecular weight is 144 g/mol. The molecule has 60 valence electrons. The van der Waals surface area contributed by atoms with E-state index in [9.17, 15) is 4.79 Å². The molecule has 0 rings (SSSR count). The Morgan fingerprint density at radius 3 is 2.20 bits per heavy atom. The Bertz CT molecular complexity index is 112. The number of hydrogen-bond donors (Lipinski definition) is 2. The van der Waals surface area contributed by atoms with Gasteiger partial charge in [-0.05, 0) is 12.3 Å². The minimum Gasteiger partial charge on any atom is -0.352 e. The highest BCUT2D eigenvalue weighted by molar-refractivity contribution is 5.71. The van der Waals surface area contributed by atoms with Gasteiger partial charge in [0, 0.05) is 6.04 Å². The lowest BCUT2D eigenvalue weighted by molar-refractivity contribution is 0.240. The molecule has 0 aromatic carbocycles. The second kappa shape index (κ2) is 4.14. The van der Waals surface area contributed by atoms with Crippen molar-refractivity contribution >= 4 is 6.03 Å². The molecular formula is C7H16N2O. The van der Waals surface area contributed by atoms with E-state index in [1.54, 1.807) is 0 Å². The van der Waals surface area contributed by atoms with E-state index in [1.807, 2.05) is 6.92 Å². The van der Waals surface area contributed by atoms with Crippen molar-refractivity contribution in [3.05, 3.63) is 0 Å². The molecule has 0 aliphatic carbocycles. The molecule has 1 unspecified atom stereocenters. The summed E-state index contributed by atoms with van der Waals surface area (Å²) in [6, 6.07) is -0.210. The standard InChI is InChI=1S/C7H16N2O/c1-4-6(5(2)3)9-7(8)10/h5-6H,4H2,1-3H3,(H3,8,9,10). The molecule has 0 spiro atoms. The molecule has 0 aliphatic heterocycles. The van der Waals surface area contributed by atoms with Gasteiger partial charge in [-0.15, -0.1) is 0 Å². The predicted octanol–water partition coefficient (Wildman–Crippen LogP) is 1.09. The van der Waals surface area contributed by atoms with Gasteiger partial charge in [0.25, 0.3) is 0 Å². The Kier molecular flexibility index (Phi) is 3.84. The Morgan fingerprint density at radius 1 is 1.60 bits per heavy atom. The number of nitrogens with one attached hydrogen (secondary N) is 1. The molecule has 3 nitrogen and oxygen atoms in total. The van der Waals surface area contributed by atoms with Gasteiger partial charge in [0.2, 0.25) is 0 Å². The molecular weight excluding hydrogens is 128 g/mol. The lowest BCUT2D eigenvalue weighted by atomic mass is 10.0. The van der Waals surface area contributed by atoms with Crippen molar-refractivity contribution in [1.29, 1.82) is 0 Å². The fourth-order valence-corrected chi connectivity index (χ4v) is 0.923. The largest absolute Gasteiger partial charge is 0.352 e. The molecule has 0 saturated carbocycles. The number of hydrogen-bond acceptors (Lipinski definition) is 1. The quantitative estimate of drug-likeness (QED) is 0.612. The highest BCUT2D eigenvalue weighted by Crippen LogP contribution is 2.03. The van der Waals surface area contributed by atoms with Crippen LogP contribution in [0, 0.1) is 5.92 Å². The molecule has 3 N–H and O–H groups in total. The van der Waals surface area contributed by atoms with Crippen molar-refractivity contribution in [2.24, 2.45) is 11.7 Å². The minimum absolute atomic E-state index is 0.220. The number of carbonyl (C=O) groups is 1. The van der Waals surface area contributed by atoms with E-state index in [1.165, 1.54) is 0 Å². The molecule has 3 heteroatoms. The zero-order valence-corrected chi connectivity index (χ0v) is 6.85. The van der Waals surface area contributed by atoms with Crippen LogP contribution in [0.5, 0.6) is 0 Å². The van der Waals surface area contributed by atoms with E-state index in [0.717, 1.165) is 6.42 Å². The third-order valence-electron chi connectivity index (χ3n) is 1.57. The van der Waals surface area contributed by atoms with Crippen LogP contribution in [0.3, 0.4) is 0 Å². The zero-order chi connectivity index (χ0) is 8.15.